The lowest BCUT2D eigenvalue weighted by Crippen LogP contribution is -2.37. The highest BCUT2D eigenvalue weighted by molar-refractivity contribution is 7.93. The number of rotatable bonds is 9. The summed E-state index contributed by atoms with van der Waals surface area (Å²) in [6.07, 6.45) is 2.20. The van der Waals surface area contributed by atoms with Crippen molar-refractivity contribution in [2.75, 3.05) is 31.5 Å². The summed E-state index contributed by atoms with van der Waals surface area (Å²) < 4.78 is 31.7. The van der Waals surface area contributed by atoms with Crippen molar-refractivity contribution in [2.24, 2.45) is 12.8 Å². The second-order valence-electron chi connectivity index (χ2n) is 9.76. The van der Waals surface area contributed by atoms with Crippen LogP contribution >= 0.6 is 0 Å². The molecule has 9 nitrogen and oxygen atoms in total. The molecule has 0 spiro atoms. The third-order valence-corrected chi connectivity index (χ3v) is 8.65. The number of anilines is 1. The summed E-state index contributed by atoms with van der Waals surface area (Å²) >= 11 is 0. The van der Waals surface area contributed by atoms with Crippen molar-refractivity contribution in [3.63, 3.8) is 0 Å². The minimum atomic E-state index is -3.93. The fourth-order valence-corrected chi connectivity index (χ4v) is 6.23. The molecular formula is C29H31N7O2S. The first-order valence-electron chi connectivity index (χ1n) is 12.5. The van der Waals surface area contributed by atoms with Crippen LogP contribution in [0.4, 0.5) is 5.69 Å². The van der Waals surface area contributed by atoms with Crippen LogP contribution in [0.1, 0.15) is 17.0 Å². The van der Waals surface area contributed by atoms with Crippen LogP contribution in [0, 0.1) is 5.41 Å². The minimum absolute atomic E-state index is 0.0323. The molecule has 0 radical (unpaired) electrons. The number of aromatic nitrogens is 3. The molecule has 0 aliphatic heterocycles. The number of nitrogens with one attached hydrogen (secondary N) is 1. The van der Waals surface area contributed by atoms with E-state index < -0.39 is 10.0 Å². The molecule has 0 saturated carbocycles. The van der Waals surface area contributed by atoms with E-state index in [2.05, 4.69) is 4.98 Å². The summed E-state index contributed by atoms with van der Waals surface area (Å²) in [5.41, 5.74) is 9.91. The molecule has 5 aromatic rings. The van der Waals surface area contributed by atoms with E-state index in [0.29, 0.717) is 35.2 Å². The van der Waals surface area contributed by atoms with Crippen LogP contribution < -0.4 is 10.0 Å². The molecule has 3 N–H and O–H groups in total. The van der Waals surface area contributed by atoms with E-state index in [1.165, 1.54) is 4.31 Å². The number of hydrogen-bond donors (Lipinski definition) is 2. The van der Waals surface area contributed by atoms with Gasteiger partial charge >= 0.3 is 0 Å². The molecule has 10 heteroatoms. The molecule has 0 aliphatic carbocycles. The quantitative estimate of drug-likeness (QED) is 0.217. The first kappa shape index (κ1) is 26.3. The Morgan fingerprint density at radius 1 is 1.00 bits per heavy atom. The number of para-hydroxylation sites is 1. The maximum absolute atomic E-state index is 14.1. The molecule has 200 valence electrons. The van der Waals surface area contributed by atoms with Gasteiger partial charge in [-0.2, -0.15) is 0 Å². The molecule has 3 aromatic carbocycles. The Hall–Kier alpha value is -4.28. The third kappa shape index (κ3) is 5.21. The number of nitrogens with zero attached hydrogens (tertiary/aromatic N) is 5. The molecule has 0 aliphatic rings. The lowest BCUT2D eigenvalue weighted by Gasteiger charge is -2.26. The summed E-state index contributed by atoms with van der Waals surface area (Å²) in [5, 5.41) is 8.36. The molecule has 0 fully saturated rings. The fraction of sp³-hybridized carbons (Fsp3) is 0.207. The standard InChI is InChI=1S/C29H31N7O2S/c1-34(2)16-17-36(39(37,38)26-8-4-6-21-7-5-15-32-28(21)26)23-13-14-25-24(19-23)33-27(35(25)3)18-20-9-11-22(12-10-20)29(30)31/h4-15,19H,16-18H2,1-3H3,(H3,30,31). The Bertz CT molecular complexity index is 1770. The number of imidazole rings is 1. The maximum atomic E-state index is 14.1. The smallest absolute Gasteiger partial charge is 0.266 e. The Morgan fingerprint density at radius 3 is 2.46 bits per heavy atom. The van der Waals surface area contributed by atoms with Gasteiger partial charge in [0.1, 0.15) is 16.6 Å². The predicted octanol–water partition coefficient (Wildman–Crippen LogP) is 3.75. The topological polar surface area (TPSA) is 121 Å². The highest BCUT2D eigenvalue weighted by atomic mass is 32.2. The van der Waals surface area contributed by atoms with Gasteiger partial charge in [-0.1, -0.05) is 42.5 Å². The summed E-state index contributed by atoms with van der Waals surface area (Å²) in [4.78, 5) is 11.4. The Balaban J connectivity index is 1.54. The Morgan fingerprint density at radius 2 is 1.74 bits per heavy atom. The highest BCUT2D eigenvalue weighted by Gasteiger charge is 2.28. The minimum Gasteiger partial charge on any atom is -0.384 e. The number of benzene rings is 3. The normalized spacial score (nSPS) is 11.9. The fourth-order valence-electron chi connectivity index (χ4n) is 4.62. The molecule has 2 aromatic heterocycles. The van der Waals surface area contributed by atoms with Gasteiger partial charge < -0.3 is 15.2 Å². The van der Waals surface area contributed by atoms with E-state index >= 15 is 0 Å². The number of amidine groups is 1. The monoisotopic (exact) mass is 541 g/mol. The SMILES string of the molecule is CN(C)CCN(c1ccc2c(c1)nc(Cc1ccc(C(=N)N)cc1)n2C)S(=O)(=O)c1cccc2cccnc12. The number of pyridine rings is 1. The number of nitrogens with two attached hydrogens (primary N) is 1. The van der Waals surface area contributed by atoms with Crippen molar-refractivity contribution < 1.29 is 8.42 Å². The number of sulfonamides is 1. The molecule has 0 atom stereocenters. The highest BCUT2D eigenvalue weighted by Crippen LogP contribution is 2.30. The van der Waals surface area contributed by atoms with E-state index in [0.717, 1.165) is 22.3 Å². The molecule has 0 bridgehead atoms. The van der Waals surface area contributed by atoms with Crippen LogP contribution in [0.15, 0.2) is 83.9 Å². The predicted molar refractivity (Wildman–Crippen MR) is 156 cm³/mol. The van der Waals surface area contributed by atoms with Crippen LogP contribution in [0.2, 0.25) is 0 Å². The molecule has 5 rings (SSSR count). The Kier molecular flexibility index (Phi) is 7.07. The van der Waals surface area contributed by atoms with Crippen molar-refractivity contribution in [1.29, 1.82) is 5.41 Å². The molecule has 0 amide bonds. The van der Waals surface area contributed by atoms with Crippen molar-refractivity contribution >= 4 is 43.5 Å². The van der Waals surface area contributed by atoms with Gasteiger partial charge in [-0.15, -0.1) is 0 Å². The largest absolute Gasteiger partial charge is 0.384 e. The van der Waals surface area contributed by atoms with Gasteiger partial charge in [0.05, 0.1) is 22.2 Å². The summed E-state index contributed by atoms with van der Waals surface area (Å²) in [6, 6.07) is 22.0. The molecule has 0 unspecified atom stereocenters. The van der Waals surface area contributed by atoms with Gasteiger partial charge in [0.25, 0.3) is 10.0 Å². The zero-order valence-corrected chi connectivity index (χ0v) is 23.0. The van der Waals surface area contributed by atoms with Gasteiger partial charge in [0.15, 0.2) is 0 Å². The van der Waals surface area contributed by atoms with Crippen LogP contribution in [0.25, 0.3) is 21.9 Å². The molecular weight excluding hydrogens is 510 g/mol. The van der Waals surface area contributed by atoms with E-state index in [9.17, 15) is 8.42 Å². The summed E-state index contributed by atoms with van der Waals surface area (Å²) in [6.45, 7) is 0.811. The lowest BCUT2D eigenvalue weighted by molar-refractivity contribution is 0.419. The average Bonchev–Trinajstić information content (AvgIpc) is 3.22. The summed E-state index contributed by atoms with van der Waals surface area (Å²) in [7, 11) is 1.87. The van der Waals surface area contributed by atoms with Gasteiger partial charge in [-0.05, 0) is 50.0 Å². The zero-order valence-electron chi connectivity index (χ0n) is 22.2. The van der Waals surface area contributed by atoms with Gasteiger partial charge in [-0.25, -0.2) is 13.4 Å². The van der Waals surface area contributed by atoms with E-state index in [-0.39, 0.29) is 17.3 Å². The number of nitrogen functional groups attached to an aromatic ring is 1. The molecule has 2 heterocycles. The van der Waals surface area contributed by atoms with Gasteiger partial charge in [-0.3, -0.25) is 14.7 Å². The van der Waals surface area contributed by atoms with Crippen molar-refractivity contribution in [3.05, 3.63) is 95.9 Å². The van der Waals surface area contributed by atoms with Crippen molar-refractivity contribution in [2.45, 2.75) is 11.3 Å². The number of hydrogen-bond acceptors (Lipinski definition) is 6. The van der Waals surface area contributed by atoms with E-state index in [4.69, 9.17) is 16.1 Å². The summed E-state index contributed by atoms with van der Waals surface area (Å²) in [5.74, 6) is 0.878. The second kappa shape index (κ2) is 10.5. The van der Waals surface area contributed by atoms with E-state index in [1.54, 1.807) is 24.4 Å². The third-order valence-electron chi connectivity index (χ3n) is 6.79. The second-order valence-corrected chi connectivity index (χ2v) is 11.6. The van der Waals surface area contributed by atoms with Crippen molar-refractivity contribution in [1.82, 2.24) is 19.4 Å². The number of fused-ring (bicyclic) bond motifs is 2. The number of likely N-dealkylation sites (N-methyl/N-ethyl adjacent to an activating group) is 1. The van der Waals surface area contributed by atoms with Crippen molar-refractivity contribution in [3.8, 4) is 0 Å². The van der Waals surface area contributed by atoms with E-state index in [1.807, 2.05) is 85.2 Å². The first-order chi connectivity index (χ1) is 18.6. The maximum Gasteiger partial charge on any atom is 0.266 e. The first-order valence-corrected chi connectivity index (χ1v) is 14.0. The molecule has 39 heavy (non-hydrogen) atoms. The molecule has 0 saturated heterocycles. The number of aryl methyl sites for hydroxylation is 1. The van der Waals surface area contributed by atoms with Gasteiger partial charge in [0, 0.05) is 43.7 Å². The lowest BCUT2D eigenvalue weighted by atomic mass is 10.1. The van der Waals surface area contributed by atoms with Crippen LogP contribution in [0.3, 0.4) is 0 Å². The Labute approximate surface area is 228 Å². The zero-order chi connectivity index (χ0) is 27.7. The average molecular weight is 542 g/mol. The van der Waals surface area contributed by atoms with Crippen LogP contribution in [-0.4, -0.2) is 60.9 Å². The van der Waals surface area contributed by atoms with Gasteiger partial charge in [0.2, 0.25) is 0 Å². The van der Waals surface area contributed by atoms with Crippen LogP contribution in [-0.2, 0) is 23.5 Å². The van der Waals surface area contributed by atoms with Crippen LogP contribution in [0.5, 0.6) is 0 Å².